The summed E-state index contributed by atoms with van der Waals surface area (Å²) < 4.78 is 29.2. The zero-order valence-corrected chi connectivity index (χ0v) is 15.5. The number of hydrogen-bond acceptors (Lipinski definition) is 4. The van der Waals surface area contributed by atoms with Gasteiger partial charge in [-0.25, -0.2) is 0 Å². The molecule has 4 nitrogen and oxygen atoms in total. The summed E-state index contributed by atoms with van der Waals surface area (Å²) >= 11 is 0. The van der Waals surface area contributed by atoms with E-state index in [2.05, 4.69) is 19.6 Å². The molecule has 120 valence electrons. The Hall–Kier alpha value is -0.533. The lowest BCUT2D eigenvalue weighted by molar-refractivity contribution is -0.152. The maximum absolute atomic E-state index is 12.5. The van der Waals surface area contributed by atoms with Crippen molar-refractivity contribution in [2.75, 3.05) is 20.0 Å². The van der Waals surface area contributed by atoms with Gasteiger partial charge in [-0.1, -0.05) is 17.7 Å². The van der Waals surface area contributed by atoms with Gasteiger partial charge in [-0.05, 0) is 38.7 Å². The van der Waals surface area contributed by atoms with Gasteiger partial charge in [0.1, 0.15) is 6.10 Å². The van der Waals surface area contributed by atoms with Crippen molar-refractivity contribution >= 4 is 19.1 Å². The Balaban J connectivity index is 2.84. The fourth-order valence-corrected chi connectivity index (χ4v) is 4.34. The lowest BCUT2D eigenvalue weighted by Crippen LogP contribution is -2.43. The third kappa shape index (κ3) is 6.40. The fraction of sp³-hybridized carbons (Fsp3) is 0.600. The van der Waals surface area contributed by atoms with Gasteiger partial charge in [0.25, 0.3) is 0 Å². The van der Waals surface area contributed by atoms with Crippen molar-refractivity contribution in [1.82, 2.24) is 0 Å². The fourth-order valence-electron chi connectivity index (χ4n) is 1.96. The molecule has 0 amide bonds. The lowest BCUT2D eigenvalue weighted by atomic mass is 10.2. The predicted octanol–water partition coefficient (Wildman–Crippen LogP) is 2.94. The first-order valence-electron chi connectivity index (χ1n) is 6.95. The van der Waals surface area contributed by atoms with Crippen LogP contribution >= 0.6 is 0 Å². The Bertz CT molecular complexity index is 452. The van der Waals surface area contributed by atoms with E-state index in [1.54, 1.807) is 14.2 Å². The van der Waals surface area contributed by atoms with Crippen LogP contribution in [-0.2, 0) is 24.7 Å². The third-order valence-corrected chi connectivity index (χ3v) is 5.31. The minimum absolute atomic E-state index is 0.339. The van der Waals surface area contributed by atoms with Gasteiger partial charge in [0.15, 0.2) is 14.6 Å². The Morgan fingerprint density at radius 1 is 1.10 bits per heavy atom. The molecule has 0 saturated carbocycles. The summed E-state index contributed by atoms with van der Waals surface area (Å²) in [5.74, 6) is 0.361. The van der Waals surface area contributed by atoms with Crippen molar-refractivity contribution in [1.29, 1.82) is 0 Å². The summed E-state index contributed by atoms with van der Waals surface area (Å²) in [7, 11) is 0.216. The molecule has 0 aliphatic rings. The van der Waals surface area contributed by atoms with Gasteiger partial charge < -0.3 is 13.9 Å². The second-order valence-corrected chi connectivity index (χ2v) is 11.9. The van der Waals surface area contributed by atoms with Crippen molar-refractivity contribution in [3.05, 3.63) is 29.8 Å². The van der Waals surface area contributed by atoms with Crippen molar-refractivity contribution in [3.8, 4) is 0 Å². The monoisotopic (exact) mass is 330 g/mol. The predicted molar refractivity (Wildman–Crippen MR) is 88.5 cm³/mol. The van der Waals surface area contributed by atoms with Crippen LogP contribution in [0, 0.1) is 6.92 Å². The molecule has 0 saturated heterocycles. The molecule has 0 aromatic heterocycles. The van der Waals surface area contributed by atoms with Crippen molar-refractivity contribution in [2.24, 2.45) is 0 Å². The van der Waals surface area contributed by atoms with Gasteiger partial charge in [-0.15, -0.1) is 0 Å². The molecular formula is C15H26O4SSi. The Morgan fingerprint density at radius 3 is 2.05 bits per heavy atom. The topological polar surface area (TPSA) is 44.8 Å². The minimum Gasteiger partial charge on any atom is -0.409 e. The van der Waals surface area contributed by atoms with Crippen molar-refractivity contribution in [2.45, 2.75) is 43.9 Å². The van der Waals surface area contributed by atoms with Gasteiger partial charge in [0.05, 0.1) is 16.6 Å². The summed E-state index contributed by atoms with van der Waals surface area (Å²) in [6.45, 7) is 8.29. The Labute approximate surface area is 131 Å². The number of ether oxygens (including phenoxy) is 2. The van der Waals surface area contributed by atoms with Crippen LogP contribution in [0.3, 0.4) is 0 Å². The molecule has 1 aromatic rings. The first-order valence-corrected chi connectivity index (χ1v) is 11.7. The highest BCUT2D eigenvalue weighted by Crippen LogP contribution is 2.17. The molecule has 1 aromatic carbocycles. The van der Waals surface area contributed by atoms with Gasteiger partial charge in [-0.3, -0.25) is 4.21 Å². The van der Waals surface area contributed by atoms with Crippen LogP contribution in [0.2, 0.25) is 19.6 Å². The molecule has 0 spiro atoms. The molecule has 6 heteroatoms. The van der Waals surface area contributed by atoms with E-state index in [-0.39, 0.29) is 6.10 Å². The van der Waals surface area contributed by atoms with Crippen molar-refractivity contribution < 1.29 is 18.1 Å². The molecule has 0 fully saturated rings. The quantitative estimate of drug-likeness (QED) is 0.543. The zero-order chi connectivity index (χ0) is 16.0. The summed E-state index contributed by atoms with van der Waals surface area (Å²) in [5.41, 5.74) is 1.15. The number of rotatable bonds is 8. The highest BCUT2D eigenvalue weighted by atomic mass is 32.2. The highest BCUT2D eigenvalue weighted by Gasteiger charge is 2.30. The molecule has 0 radical (unpaired) electrons. The smallest absolute Gasteiger partial charge is 0.184 e. The molecule has 0 aliphatic carbocycles. The highest BCUT2D eigenvalue weighted by molar-refractivity contribution is 7.85. The standard InChI is InChI=1S/C15H26O4SSi/c1-12-7-9-13(10-8-12)20(16)11-14(15(17-2)18-3)19-21(4,5)6/h7-10,14-15H,11H2,1-6H3/t14-,20?/m0/s1. The van der Waals surface area contributed by atoms with Crippen LogP contribution < -0.4 is 0 Å². The third-order valence-electron chi connectivity index (χ3n) is 2.87. The second kappa shape index (κ2) is 8.19. The van der Waals surface area contributed by atoms with Crippen LogP contribution in [0.1, 0.15) is 5.56 Å². The van der Waals surface area contributed by atoms with Gasteiger partial charge in [-0.2, -0.15) is 0 Å². The van der Waals surface area contributed by atoms with Crippen LogP contribution in [0.5, 0.6) is 0 Å². The summed E-state index contributed by atoms with van der Waals surface area (Å²) in [6.07, 6.45) is -0.847. The van der Waals surface area contributed by atoms with E-state index >= 15 is 0 Å². The van der Waals surface area contributed by atoms with E-state index in [1.807, 2.05) is 31.2 Å². The molecule has 21 heavy (non-hydrogen) atoms. The maximum atomic E-state index is 12.5. The molecule has 0 bridgehead atoms. The largest absolute Gasteiger partial charge is 0.409 e. The molecule has 1 unspecified atom stereocenters. The summed E-state index contributed by atoms with van der Waals surface area (Å²) in [4.78, 5) is 0.802. The molecular weight excluding hydrogens is 304 g/mol. The van der Waals surface area contributed by atoms with Crippen molar-refractivity contribution in [3.63, 3.8) is 0 Å². The van der Waals surface area contributed by atoms with E-state index in [1.165, 1.54) is 0 Å². The van der Waals surface area contributed by atoms with Gasteiger partial charge in [0.2, 0.25) is 0 Å². The molecule has 1 rings (SSSR count). The van der Waals surface area contributed by atoms with Gasteiger partial charge in [0, 0.05) is 19.1 Å². The first kappa shape index (κ1) is 18.5. The number of benzene rings is 1. The average Bonchev–Trinajstić information content (AvgIpc) is 2.38. The summed E-state index contributed by atoms with van der Waals surface area (Å²) in [6, 6.07) is 7.72. The normalized spacial score (nSPS) is 15.2. The maximum Gasteiger partial charge on any atom is 0.184 e. The average molecular weight is 331 g/mol. The zero-order valence-electron chi connectivity index (χ0n) is 13.7. The Morgan fingerprint density at radius 2 is 1.62 bits per heavy atom. The van der Waals surface area contributed by atoms with E-state index in [4.69, 9.17) is 13.9 Å². The van der Waals surface area contributed by atoms with E-state index in [0.29, 0.717) is 5.75 Å². The molecule has 0 N–H and O–H groups in total. The van der Waals surface area contributed by atoms with Gasteiger partial charge >= 0.3 is 0 Å². The van der Waals surface area contributed by atoms with E-state index < -0.39 is 25.4 Å². The van der Waals surface area contributed by atoms with Crippen LogP contribution in [0.15, 0.2) is 29.2 Å². The molecule has 0 heterocycles. The molecule has 2 atom stereocenters. The number of aryl methyl sites for hydroxylation is 1. The van der Waals surface area contributed by atoms with Crippen LogP contribution in [-0.4, -0.2) is 44.9 Å². The first-order chi connectivity index (χ1) is 9.76. The summed E-state index contributed by atoms with van der Waals surface area (Å²) in [5, 5.41) is 0. The van der Waals surface area contributed by atoms with Crippen LogP contribution in [0.25, 0.3) is 0 Å². The second-order valence-electron chi connectivity index (χ2n) is 5.93. The minimum atomic E-state index is -1.79. The Kier molecular flexibility index (Phi) is 7.22. The van der Waals surface area contributed by atoms with Crippen LogP contribution in [0.4, 0.5) is 0 Å². The number of hydrogen-bond donors (Lipinski definition) is 0. The van der Waals surface area contributed by atoms with E-state index in [9.17, 15) is 4.21 Å². The van der Waals surface area contributed by atoms with E-state index in [0.717, 1.165) is 10.5 Å². The SMILES string of the molecule is COC(OC)[C@H](CS(=O)c1ccc(C)cc1)O[Si](C)(C)C. The number of methoxy groups -OCH3 is 2. The molecule has 0 aliphatic heterocycles. The lowest BCUT2D eigenvalue weighted by Gasteiger charge is -2.30.